The molecule has 0 aromatic heterocycles. The number of hydrogen-bond acceptors (Lipinski definition) is 1. The Hall–Kier alpha value is -1.50. The fraction of sp³-hybridized carbons (Fsp3) is 0.286. The lowest BCUT2D eigenvalue weighted by atomic mass is 9.99. The average molecular weight is 200 g/mol. The second-order valence-electron chi connectivity index (χ2n) is 4.10. The van der Waals surface area contributed by atoms with Gasteiger partial charge in [0.1, 0.15) is 5.75 Å². The molecule has 2 rings (SSSR count). The minimum Gasteiger partial charge on any atom is -0.496 e. The maximum absolute atomic E-state index is 5.36. The Bertz CT molecular complexity index is 472. The summed E-state index contributed by atoms with van der Waals surface area (Å²) in [4.78, 5) is 0. The highest BCUT2D eigenvalue weighted by Gasteiger charge is 2.04. The maximum atomic E-state index is 5.36. The fourth-order valence-electron chi connectivity index (χ4n) is 1.80. The Morgan fingerprint density at radius 3 is 2.53 bits per heavy atom. The van der Waals surface area contributed by atoms with Gasteiger partial charge in [0, 0.05) is 5.39 Å². The van der Waals surface area contributed by atoms with Crippen LogP contribution in [0.15, 0.2) is 36.4 Å². The van der Waals surface area contributed by atoms with Crippen LogP contribution in [0.4, 0.5) is 0 Å². The van der Waals surface area contributed by atoms with Crippen molar-refractivity contribution in [1.29, 1.82) is 0 Å². The lowest BCUT2D eigenvalue weighted by molar-refractivity contribution is 0.420. The summed E-state index contributed by atoms with van der Waals surface area (Å²) in [7, 11) is 1.72. The summed E-state index contributed by atoms with van der Waals surface area (Å²) in [5, 5.41) is 2.44. The molecule has 0 aliphatic heterocycles. The SMILES string of the molecule is COc1cccc2ccc(C(C)C)cc12. The third-order valence-corrected chi connectivity index (χ3v) is 2.75. The number of rotatable bonds is 2. The fourth-order valence-corrected chi connectivity index (χ4v) is 1.80. The van der Waals surface area contributed by atoms with Crippen molar-refractivity contribution in [2.24, 2.45) is 0 Å². The van der Waals surface area contributed by atoms with Crippen LogP contribution >= 0.6 is 0 Å². The van der Waals surface area contributed by atoms with Gasteiger partial charge in [0.05, 0.1) is 7.11 Å². The van der Waals surface area contributed by atoms with Gasteiger partial charge in [0.2, 0.25) is 0 Å². The predicted octanol–water partition coefficient (Wildman–Crippen LogP) is 3.97. The van der Waals surface area contributed by atoms with Crippen LogP contribution in [0.3, 0.4) is 0 Å². The monoisotopic (exact) mass is 200 g/mol. The molecular weight excluding hydrogens is 184 g/mol. The highest BCUT2D eigenvalue weighted by Crippen LogP contribution is 2.28. The first-order chi connectivity index (χ1) is 7.22. The van der Waals surface area contributed by atoms with Crippen molar-refractivity contribution in [2.45, 2.75) is 19.8 Å². The van der Waals surface area contributed by atoms with E-state index in [-0.39, 0.29) is 0 Å². The molecule has 0 bridgehead atoms. The van der Waals surface area contributed by atoms with Gasteiger partial charge in [-0.15, -0.1) is 0 Å². The number of benzene rings is 2. The van der Waals surface area contributed by atoms with Gasteiger partial charge in [-0.2, -0.15) is 0 Å². The van der Waals surface area contributed by atoms with Gasteiger partial charge in [-0.1, -0.05) is 38.1 Å². The van der Waals surface area contributed by atoms with Crippen molar-refractivity contribution in [3.8, 4) is 5.75 Å². The summed E-state index contributed by atoms with van der Waals surface area (Å²) in [5.74, 6) is 1.51. The molecule has 2 aromatic carbocycles. The van der Waals surface area contributed by atoms with Crippen molar-refractivity contribution in [3.63, 3.8) is 0 Å². The average Bonchev–Trinajstić information content (AvgIpc) is 2.27. The molecular formula is C14H16O. The van der Waals surface area contributed by atoms with Gasteiger partial charge in [0.25, 0.3) is 0 Å². The Balaban J connectivity index is 2.67. The van der Waals surface area contributed by atoms with E-state index in [1.807, 2.05) is 12.1 Å². The molecule has 0 atom stereocenters. The zero-order valence-corrected chi connectivity index (χ0v) is 9.45. The second kappa shape index (κ2) is 3.93. The first-order valence-corrected chi connectivity index (χ1v) is 5.29. The molecule has 0 aliphatic rings. The number of fused-ring (bicyclic) bond motifs is 1. The van der Waals surface area contributed by atoms with E-state index < -0.39 is 0 Å². The topological polar surface area (TPSA) is 9.23 Å². The summed E-state index contributed by atoms with van der Waals surface area (Å²) >= 11 is 0. The first kappa shape index (κ1) is 10.0. The Morgan fingerprint density at radius 1 is 1.07 bits per heavy atom. The zero-order valence-electron chi connectivity index (χ0n) is 9.45. The van der Waals surface area contributed by atoms with Gasteiger partial charge in [0.15, 0.2) is 0 Å². The third kappa shape index (κ3) is 1.82. The van der Waals surface area contributed by atoms with Crippen LogP contribution in [0, 0.1) is 0 Å². The van der Waals surface area contributed by atoms with Crippen LogP contribution in [0.5, 0.6) is 5.75 Å². The van der Waals surface area contributed by atoms with Crippen LogP contribution in [-0.4, -0.2) is 7.11 Å². The Labute approximate surface area is 90.7 Å². The van der Waals surface area contributed by atoms with Gasteiger partial charge in [-0.3, -0.25) is 0 Å². The van der Waals surface area contributed by atoms with Crippen molar-refractivity contribution >= 4 is 10.8 Å². The zero-order chi connectivity index (χ0) is 10.8. The lowest BCUT2D eigenvalue weighted by Crippen LogP contribution is -1.89. The molecule has 2 aromatic rings. The smallest absolute Gasteiger partial charge is 0.126 e. The minimum absolute atomic E-state index is 0.555. The highest BCUT2D eigenvalue weighted by atomic mass is 16.5. The Kier molecular flexibility index (Phi) is 2.63. The molecule has 0 saturated heterocycles. The first-order valence-electron chi connectivity index (χ1n) is 5.29. The molecule has 0 N–H and O–H groups in total. The molecule has 0 unspecified atom stereocenters. The van der Waals surface area contributed by atoms with E-state index in [1.165, 1.54) is 16.3 Å². The van der Waals surface area contributed by atoms with Gasteiger partial charge >= 0.3 is 0 Å². The number of hydrogen-bond donors (Lipinski definition) is 0. The molecule has 0 amide bonds. The van der Waals surface area contributed by atoms with E-state index in [2.05, 4.69) is 38.1 Å². The largest absolute Gasteiger partial charge is 0.496 e. The van der Waals surface area contributed by atoms with Gasteiger partial charge < -0.3 is 4.74 Å². The van der Waals surface area contributed by atoms with Crippen LogP contribution in [0.2, 0.25) is 0 Å². The normalized spacial score (nSPS) is 10.9. The summed E-state index contributed by atoms with van der Waals surface area (Å²) in [5.41, 5.74) is 1.35. The van der Waals surface area contributed by atoms with Gasteiger partial charge in [-0.05, 0) is 29.0 Å². The molecule has 0 saturated carbocycles. The van der Waals surface area contributed by atoms with E-state index in [4.69, 9.17) is 4.74 Å². The molecule has 78 valence electrons. The highest BCUT2D eigenvalue weighted by molar-refractivity contribution is 5.88. The van der Waals surface area contributed by atoms with E-state index in [9.17, 15) is 0 Å². The standard InChI is InChI=1S/C14H16O/c1-10(2)12-8-7-11-5-4-6-14(15-3)13(11)9-12/h4-10H,1-3H3. The summed E-state index contributed by atoms with van der Waals surface area (Å²) in [6.07, 6.45) is 0. The van der Waals surface area contributed by atoms with E-state index in [0.29, 0.717) is 5.92 Å². The van der Waals surface area contributed by atoms with Crippen LogP contribution in [0.25, 0.3) is 10.8 Å². The van der Waals surface area contributed by atoms with Crippen molar-refractivity contribution in [2.75, 3.05) is 7.11 Å². The minimum atomic E-state index is 0.555. The van der Waals surface area contributed by atoms with Crippen LogP contribution in [-0.2, 0) is 0 Å². The predicted molar refractivity (Wildman–Crippen MR) is 64.6 cm³/mol. The Morgan fingerprint density at radius 2 is 1.87 bits per heavy atom. The quantitative estimate of drug-likeness (QED) is 0.712. The van der Waals surface area contributed by atoms with E-state index >= 15 is 0 Å². The van der Waals surface area contributed by atoms with Crippen molar-refractivity contribution in [3.05, 3.63) is 42.0 Å². The van der Waals surface area contributed by atoms with Crippen LogP contribution in [0.1, 0.15) is 25.3 Å². The summed E-state index contributed by atoms with van der Waals surface area (Å²) in [6, 6.07) is 12.7. The molecule has 15 heavy (non-hydrogen) atoms. The molecule has 1 heteroatoms. The lowest BCUT2D eigenvalue weighted by Gasteiger charge is -2.09. The second-order valence-corrected chi connectivity index (χ2v) is 4.10. The third-order valence-electron chi connectivity index (χ3n) is 2.75. The van der Waals surface area contributed by atoms with Crippen molar-refractivity contribution < 1.29 is 4.74 Å². The van der Waals surface area contributed by atoms with E-state index in [1.54, 1.807) is 7.11 Å². The number of methoxy groups -OCH3 is 1. The summed E-state index contributed by atoms with van der Waals surface area (Å²) < 4.78 is 5.36. The molecule has 0 spiro atoms. The molecule has 0 aliphatic carbocycles. The summed E-state index contributed by atoms with van der Waals surface area (Å²) in [6.45, 7) is 4.41. The van der Waals surface area contributed by atoms with Gasteiger partial charge in [-0.25, -0.2) is 0 Å². The number of ether oxygens (including phenoxy) is 1. The van der Waals surface area contributed by atoms with Crippen molar-refractivity contribution in [1.82, 2.24) is 0 Å². The molecule has 0 heterocycles. The van der Waals surface area contributed by atoms with Crippen LogP contribution < -0.4 is 4.74 Å². The maximum Gasteiger partial charge on any atom is 0.126 e. The molecule has 1 nitrogen and oxygen atoms in total. The molecule has 0 radical (unpaired) electrons. The van der Waals surface area contributed by atoms with E-state index in [0.717, 1.165) is 5.75 Å². The molecule has 0 fully saturated rings.